The van der Waals surface area contributed by atoms with E-state index in [1.807, 2.05) is 20.9 Å². The SMILES string of the molecule is CC.CCc1cn(C)c(CC)n1. The van der Waals surface area contributed by atoms with Crippen molar-refractivity contribution in [1.29, 1.82) is 0 Å². The summed E-state index contributed by atoms with van der Waals surface area (Å²) in [5.74, 6) is 1.18. The average molecular weight is 168 g/mol. The van der Waals surface area contributed by atoms with Crippen molar-refractivity contribution in [3.63, 3.8) is 0 Å². The number of rotatable bonds is 2. The zero-order valence-corrected chi connectivity index (χ0v) is 8.89. The third kappa shape index (κ3) is 2.68. The zero-order valence-electron chi connectivity index (χ0n) is 8.89. The maximum absolute atomic E-state index is 4.41. The second-order valence-electron chi connectivity index (χ2n) is 2.47. The van der Waals surface area contributed by atoms with Crippen LogP contribution in [0.25, 0.3) is 0 Å². The standard InChI is InChI=1S/C8H14N2.C2H6/c1-4-7-6-10(3)8(5-2)9-7;1-2/h6H,4-5H2,1-3H3;1-2H3. The van der Waals surface area contributed by atoms with E-state index in [0.717, 1.165) is 12.8 Å². The summed E-state index contributed by atoms with van der Waals surface area (Å²) in [6.45, 7) is 8.25. The first-order valence-electron chi connectivity index (χ1n) is 4.79. The predicted octanol–water partition coefficient (Wildman–Crippen LogP) is 2.57. The number of hydrogen-bond donors (Lipinski definition) is 0. The summed E-state index contributed by atoms with van der Waals surface area (Å²) in [5.41, 5.74) is 1.19. The first-order chi connectivity index (χ1) is 5.77. The van der Waals surface area contributed by atoms with Crippen molar-refractivity contribution in [1.82, 2.24) is 9.55 Å². The van der Waals surface area contributed by atoms with Gasteiger partial charge in [0.05, 0.1) is 5.69 Å². The van der Waals surface area contributed by atoms with E-state index in [2.05, 4.69) is 29.6 Å². The molecule has 0 atom stereocenters. The Labute approximate surface area is 75.6 Å². The smallest absolute Gasteiger partial charge is 0.108 e. The van der Waals surface area contributed by atoms with Crippen molar-refractivity contribution in [2.75, 3.05) is 0 Å². The number of nitrogens with zero attached hydrogens (tertiary/aromatic N) is 2. The number of hydrogen-bond acceptors (Lipinski definition) is 1. The van der Waals surface area contributed by atoms with Gasteiger partial charge in [-0.05, 0) is 6.42 Å². The van der Waals surface area contributed by atoms with E-state index in [4.69, 9.17) is 0 Å². The predicted molar refractivity (Wildman–Crippen MR) is 53.3 cm³/mol. The molecular weight excluding hydrogens is 148 g/mol. The van der Waals surface area contributed by atoms with E-state index < -0.39 is 0 Å². The van der Waals surface area contributed by atoms with Crippen LogP contribution in [0.4, 0.5) is 0 Å². The molecule has 0 radical (unpaired) electrons. The molecule has 0 fully saturated rings. The van der Waals surface area contributed by atoms with Gasteiger partial charge in [0.15, 0.2) is 0 Å². The molecule has 0 aliphatic heterocycles. The molecule has 1 heterocycles. The second-order valence-corrected chi connectivity index (χ2v) is 2.47. The van der Waals surface area contributed by atoms with Crippen molar-refractivity contribution in [2.45, 2.75) is 40.5 Å². The largest absolute Gasteiger partial charge is 0.338 e. The summed E-state index contributed by atoms with van der Waals surface area (Å²) in [4.78, 5) is 4.41. The fraction of sp³-hybridized carbons (Fsp3) is 0.700. The van der Waals surface area contributed by atoms with Crippen LogP contribution < -0.4 is 0 Å². The van der Waals surface area contributed by atoms with Gasteiger partial charge in [0.1, 0.15) is 5.82 Å². The van der Waals surface area contributed by atoms with Gasteiger partial charge < -0.3 is 4.57 Å². The van der Waals surface area contributed by atoms with E-state index in [1.54, 1.807) is 0 Å². The molecule has 1 aromatic heterocycles. The maximum atomic E-state index is 4.41. The molecule has 2 heteroatoms. The summed E-state index contributed by atoms with van der Waals surface area (Å²) in [7, 11) is 2.05. The Balaban J connectivity index is 0.000000561. The Morgan fingerprint density at radius 3 is 2.08 bits per heavy atom. The van der Waals surface area contributed by atoms with Crippen molar-refractivity contribution in [3.8, 4) is 0 Å². The molecule has 0 aromatic carbocycles. The minimum absolute atomic E-state index is 1.02. The summed E-state index contributed by atoms with van der Waals surface area (Å²) in [6, 6.07) is 0. The summed E-state index contributed by atoms with van der Waals surface area (Å²) in [6.07, 6.45) is 4.16. The van der Waals surface area contributed by atoms with Gasteiger partial charge >= 0.3 is 0 Å². The monoisotopic (exact) mass is 168 g/mol. The minimum atomic E-state index is 1.02. The Morgan fingerprint density at radius 1 is 1.25 bits per heavy atom. The van der Waals surface area contributed by atoms with Crippen LogP contribution >= 0.6 is 0 Å². The van der Waals surface area contributed by atoms with Crippen LogP contribution in [0.1, 0.15) is 39.2 Å². The highest BCUT2D eigenvalue weighted by molar-refractivity contribution is 5.02. The van der Waals surface area contributed by atoms with E-state index >= 15 is 0 Å². The molecule has 0 N–H and O–H groups in total. The third-order valence-electron chi connectivity index (χ3n) is 1.70. The van der Waals surface area contributed by atoms with Crippen molar-refractivity contribution in [2.24, 2.45) is 7.05 Å². The lowest BCUT2D eigenvalue weighted by molar-refractivity contribution is 0.807. The van der Waals surface area contributed by atoms with Gasteiger partial charge in [0.25, 0.3) is 0 Å². The Kier molecular flexibility index (Phi) is 5.43. The molecule has 12 heavy (non-hydrogen) atoms. The van der Waals surface area contributed by atoms with Gasteiger partial charge in [-0.2, -0.15) is 0 Å². The second kappa shape index (κ2) is 5.81. The van der Waals surface area contributed by atoms with Crippen LogP contribution in [-0.4, -0.2) is 9.55 Å². The van der Waals surface area contributed by atoms with Crippen LogP contribution in [0, 0.1) is 0 Å². The van der Waals surface area contributed by atoms with Crippen LogP contribution in [0.3, 0.4) is 0 Å². The summed E-state index contributed by atoms with van der Waals surface area (Å²) in [5, 5.41) is 0. The van der Waals surface area contributed by atoms with Crippen LogP contribution in [0.5, 0.6) is 0 Å². The van der Waals surface area contributed by atoms with Crippen LogP contribution in [0.15, 0.2) is 6.20 Å². The molecule has 0 spiro atoms. The fourth-order valence-electron chi connectivity index (χ4n) is 1.07. The Morgan fingerprint density at radius 2 is 1.83 bits per heavy atom. The van der Waals surface area contributed by atoms with Crippen molar-refractivity contribution < 1.29 is 0 Å². The molecule has 0 aliphatic carbocycles. The number of imidazole rings is 1. The minimum Gasteiger partial charge on any atom is -0.338 e. The van der Waals surface area contributed by atoms with Crippen molar-refractivity contribution >= 4 is 0 Å². The highest BCUT2D eigenvalue weighted by Crippen LogP contribution is 2.01. The lowest BCUT2D eigenvalue weighted by atomic mass is 10.4. The van der Waals surface area contributed by atoms with Crippen molar-refractivity contribution in [3.05, 3.63) is 17.7 Å². The van der Waals surface area contributed by atoms with Gasteiger partial charge in [-0.1, -0.05) is 27.7 Å². The molecule has 0 unspecified atom stereocenters. The average Bonchev–Trinajstić information content (AvgIpc) is 2.49. The normalized spacial score (nSPS) is 9.08. The van der Waals surface area contributed by atoms with Gasteiger partial charge in [-0.3, -0.25) is 0 Å². The first kappa shape index (κ1) is 11.2. The lowest BCUT2D eigenvalue weighted by Crippen LogP contribution is -1.93. The Bertz CT molecular complexity index is 214. The molecule has 0 saturated carbocycles. The maximum Gasteiger partial charge on any atom is 0.108 e. The number of aromatic nitrogens is 2. The number of aryl methyl sites for hydroxylation is 3. The van der Waals surface area contributed by atoms with Crippen LogP contribution in [-0.2, 0) is 19.9 Å². The molecule has 0 amide bonds. The molecule has 0 aliphatic rings. The molecule has 2 nitrogen and oxygen atoms in total. The summed E-state index contributed by atoms with van der Waals surface area (Å²) >= 11 is 0. The quantitative estimate of drug-likeness (QED) is 0.663. The molecule has 1 rings (SSSR count). The molecule has 1 aromatic rings. The van der Waals surface area contributed by atoms with Crippen LogP contribution in [0.2, 0.25) is 0 Å². The van der Waals surface area contributed by atoms with E-state index in [-0.39, 0.29) is 0 Å². The topological polar surface area (TPSA) is 17.8 Å². The lowest BCUT2D eigenvalue weighted by Gasteiger charge is -1.92. The van der Waals surface area contributed by atoms with E-state index in [9.17, 15) is 0 Å². The molecule has 0 saturated heterocycles. The molecule has 70 valence electrons. The fourth-order valence-corrected chi connectivity index (χ4v) is 1.07. The highest BCUT2D eigenvalue weighted by Gasteiger charge is 1.99. The van der Waals surface area contributed by atoms with Gasteiger partial charge in [-0.15, -0.1) is 0 Å². The van der Waals surface area contributed by atoms with E-state index in [0.29, 0.717) is 0 Å². The Hall–Kier alpha value is -0.790. The molecular formula is C10H20N2. The zero-order chi connectivity index (χ0) is 9.56. The van der Waals surface area contributed by atoms with Gasteiger partial charge in [-0.25, -0.2) is 4.98 Å². The van der Waals surface area contributed by atoms with Gasteiger partial charge in [0.2, 0.25) is 0 Å². The third-order valence-corrected chi connectivity index (χ3v) is 1.70. The molecule has 0 bridgehead atoms. The van der Waals surface area contributed by atoms with Gasteiger partial charge in [0, 0.05) is 19.7 Å². The van der Waals surface area contributed by atoms with E-state index in [1.165, 1.54) is 11.5 Å². The first-order valence-corrected chi connectivity index (χ1v) is 4.79. The summed E-state index contributed by atoms with van der Waals surface area (Å²) < 4.78 is 2.10. The highest BCUT2D eigenvalue weighted by atomic mass is 15.0.